The van der Waals surface area contributed by atoms with Crippen LogP contribution in [0.1, 0.15) is 26.2 Å². The van der Waals surface area contributed by atoms with E-state index in [0.29, 0.717) is 0 Å². The van der Waals surface area contributed by atoms with E-state index in [1.54, 1.807) is 0 Å². The molecule has 0 radical (unpaired) electrons. The molecule has 0 saturated heterocycles. The van der Waals surface area contributed by atoms with Crippen LogP contribution in [0.5, 0.6) is 0 Å². The summed E-state index contributed by atoms with van der Waals surface area (Å²) in [4.78, 5) is 32.2. The maximum absolute atomic E-state index is 10.7. The molecule has 0 saturated carbocycles. The molecule has 0 spiro atoms. The number of carbonyl (C=O) groups is 1. The summed E-state index contributed by atoms with van der Waals surface area (Å²) in [5.41, 5.74) is 0. The first kappa shape index (κ1) is 18.7. The third kappa shape index (κ3) is 23.9. The summed E-state index contributed by atoms with van der Waals surface area (Å²) in [5, 5.41) is 0. The molecule has 8 heteroatoms. The molecule has 0 bridgehead atoms. The molecule has 0 aliphatic heterocycles. The Morgan fingerprint density at radius 3 is 2.31 bits per heavy atom. The van der Waals surface area contributed by atoms with E-state index < -0.39 is 7.82 Å². The molecule has 0 aromatic carbocycles. The third-order valence-corrected chi connectivity index (χ3v) is 2.26. The summed E-state index contributed by atoms with van der Waals surface area (Å²) in [7, 11) is -4.64. The minimum absolute atomic E-state index is 0.167. The normalized spacial score (nSPS) is 12.1. The Bertz CT molecular complexity index is 243. The Labute approximate surface area is 112 Å². The molecular formula is C8H16NaO6P. The largest absolute Gasteiger partial charge is 0.466 e. The molecule has 6 nitrogen and oxygen atoms in total. The number of hydrogen-bond donors (Lipinski definition) is 3. The molecule has 0 fully saturated rings. The number of hydrogen-bond acceptors (Lipinski definition) is 3. The van der Waals surface area contributed by atoms with Crippen LogP contribution in [-0.4, -0.2) is 51.9 Å². The maximum atomic E-state index is 10.7. The summed E-state index contributed by atoms with van der Waals surface area (Å²) < 4.78 is 14.1. The zero-order valence-corrected chi connectivity index (χ0v) is 12.4. The summed E-state index contributed by atoms with van der Waals surface area (Å²) in [5.74, 6) is -0.291. The number of unbranched alkanes of at least 4 members (excludes halogenated alkanes) is 1. The van der Waals surface area contributed by atoms with E-state index in [2.05, 4.69) is 13.5 Å². The molecule has 0 aliphatic carbocycles. The van der Waals surface area contributed by atoms with Crippen LogP contribution in [0.15, 0.2) is 12.7 Å². The fourth-order valence-corrected chi connectivity index (χ4v) is 1.44. The van der Waals surface area contributed by atoms with Gasteiger partial charge in [-0.05, 0) is 0 Å². The van der Waals surface area contributed by atoms with E-state index >= 15 is 0 Å². The van der Waals surface area contributed by atoms with Gasteiger partial charge < -0.3 is 14.7 Å². The van der Waals surface area contributed by atoms with Crippen LogP contribution >= 0.6 is 7.82 Å². The first-order valence-electron chi connectivity index (χ1n) is 4.82. The zero-order chi connectivity index (χ0) is 13.2. The average Bonchev–Trinajstić information content (AvgIpc) is 2.11. The van der Waals surface area contributed by atoms with E-state index in [4.69, 9.17) is 24.0 Å². The summed E-state index contributed by atoms with van der Waals surface area (Å²) in [6, 6.07) is 0. The maximum Gasteiger partial charge on any atom is 0.466 e. The van der Waals surface area contributed by atoms with Crippen molar-refractivity contribution in [2.45, 2.75) is 29.5 Å². The molecule has 0 aliphatic rings. The van der Waals surface area contributed by atoms with Gasteiger partial charge in [0.05, 0.1) is 0 Å². The fraction of sp³-hybridized carbons (Fsp3) is 0.625. The van der Waals surface area contributed by atoms with E-state index in [0.717, 1.165) is 47.2 Å². The smallest absolute Gasteiger partial charge is 0.303 e. The first-order chi connectivity index (χ1) is 7.20. The molecule has 0 rings (SSSR count). The van der Waals surface area contributed by atoms with Crippen LogP contribution in [0, 0.1) is 0 Å². The predicted octanol–water partition coefficient (Wildman–Crippen LogP) is 0.472. The second-order valence-electron chi connectivity index (χ2n) is 3.11. The van der Waals surface area contributed by atoms with E-state index in [1.807, 2.05) is 0 Å². The predicted molar refractivity (Wildman–Crippen MR) is 59.6 cm³/mol. The van der Waals surface area contributed by atoms with Crippen molar-refractivity contribution in [3.8, 4) is 0 Å². The molecule has 90 valence electrons. The van der Waals surface area contributed by atoms with E-state index in [1.165, 1.54) is 6.08 Å². The molecule has 0 aromatic heterocycles. The molecule has 1 atom stereocenters. The van der Waals surface area contributed by atoms with Gasteiger partial charge in [0.1, 0.15) is 0 Å². The van der Waals surface area contributed by atoms with Crippen molar-refractivity contribution in [1.82, 2.24) is 0 Å². The number of rotatable bonds is 5. The first-order valence-corrected chi connectivity index (χ1v) is 7.54. The molecule has 16 heavy (non-hydrogen) atoms. The van der Waals surface area contributed by atoms with Gasteiger partial charge in [0, 0.05) is 0 Å². The molecular weight excluding hydrogens is 246 g/mol. The third-order valence-electron chi connectivity index (χ3n) is 1.45. The SMILES string of the molecule is C=CC(=O)O[CH]([Na])CCCC.O=P(O)(O)O. The Morgan fingerprint density at radius 1 is 1.56 bits per heavy atom. The van der Waals surface area contributed by atoms with Crippen molar-refractivity contribution >= 4 is 41.7 Å². The van der Waals surface area contributed by atoms with Crippen molar-refractivity contribution < 1.29 is 28.8 Å². The van der Waals surface area contributed by atoms with Gasteiger partial charge in [-0.1, -0.05) is 0 Å². The van der Waals surface area contributed by atoms with Crippen LogP contribution in [0.2, 0.25) is 0 Å². The fourth-order valence-electron chi connectivity index (χ4n) is 0.797. The monoisotopic (exact) mass is 262 g/mol. The quantitative estimate of drug-likeness (QED) is 0.288. The van der Waals surface area contributed by atoms with Crippen molar-refractivity contribution in [2.24, 2.45) is 0 Å². The minimum Gasteiger partial charge on any atom is -0.303 e. The van der Waals surface area contributed by atoms with Crippen molar-refractivity contribution in [2.75, 3.05) is 0 Å². The Hall–Kier alpha value is 0.320. The van der Waals surface area contributed by atoms with Crippen LogP contribution in [0.4, 0.5) is 0 Å². The van der Waals surface area contributed by atoms with Gasteiger partial charge in [0.15, 0.2) is 0 Å². The Morgan fingerprint density at radius 2 is 2.00 bits per heavy atom. The topological polar surface area (TPSA) is 104 Å². The van der Waals surface area contributed by atoms with Crippen LogP contribution in [0.3, 0.4) is 0 Å². The summed E-state index contributed by atoms with van der Waals surface area (Å²) in [6.45, 7) is 5.46. The minimum atomic E-state index is -4.64. The second-order valence-corrected chi connectivity index (χ2v) is 5.42. The number of ether oxygens (including phenoxy) is 1. The van der Waals surface area contributed by atoms with Crippen molar-refractivity contribution in [1.29, 1.82) is 0 Å². The zero-order valence-electron chi connectivity index (χ0n) is 9.50. The van der Waals surface area contributed by atoms with Gasteiger partial charge in [0.2, 0.25) is 0 Å². The average molecular weight is 262 g/mol. The van der Waals surface area contributed by atoms with Gasteiger partial charge >= 0.3 is 93.4 Å². The standard InChI is InChI=1S/C8H13O2.Na.H3O4P/c1-3-5-6-7-10-8(9)4-2;;1-5(2,3)4/h4,7H,2-3,5-6H2,1H3;;(H3,1,2,3,4). The van der Waals surface area contributed by atoms with Gasteiger partial charge in [-0.2, -0.15) is 0 Å². The van der Waals surface area contributed by atoms with Gasteiger partial charge in [0.25, 0.3) is 0 Å². The van der Waals surface area contributed by atoms with Crippen LogP contribution in [0.25, 0.3) is 0 Å². The summed E-state index contributed by atoms with van der Waals surface area (Å²) >= 11 is 0.915. The summed E-state index contributed by atoms with van der Waals surface area (Å²) in [6.07, 6.45) is 4.52. The molecule has 0 heterocycles. The van der Waals surface area contributed by atoms with Gasteiger partial charge in [-0.25, -0.2) is 4.57 Å². The number of carbonyl (C=O) groups excluding carboxylic acids is 1. The Kier molecular flexibility index (Phi) is 12.2. The van der Waals surface area contributed by atoms with E-state index in [9.17, 15) is 4.79 Å². The van der Waals surface area contributed by atoms with Gasteiger partial charge in [-0.15, -0.1) is 0 Å². The van der Waals surface area contributed by atoms with E-state index in [-0.39, 0.29) is 9.32 Å². The molecule has 0 amide bonds. The number of esters is 1. The second kappa shape index (κ2) is 10.5. The molecule has 3 N–H and O–H groups in total. The van der Waals surface area contributed by atoms with Crippen molar-refractivity contribution in [3.63, 3.8) is 0 Å². The molecule has 0 aromatic rings. The Balaban J connectivity index is 0. The van der Waals surface area contributed by atoms with Crippen molar-refractivity contribution in [3.05, 3.63) is 12.7 Å². The van der Waals surface area contributed by atoms with Crippen LogP contribution in [-0.2, 0) is 14.1 Å². The van der Waals surface area contributed by atoms with Crippen LogP contribution < -0.4 is 0 Å². The van der Waals surface area contributed by atoms with Gasteiger partial charge in [-0.3, -0.25) is 0 Å². The number of phosphoric acid groups is 1. The molecule has 1 unspecified atom stereocenters.